The maximum Gasteiger partial charge on any atom is 0.200 e. The van der Waals surface area contributed by atoms with Crippen molar-refractivity contribution >= 4 is 21.7 Å². The van der Waals surface area contributed by atoms with Crippen LogP contribution in [-0.2, 0) is 11.3 Å². The van der Waals surface area contributed by atoms with E-state index < -0.39 is 0 Å². The van der Waals surface area contributed by atoms with Gasteiger partial charge >= 0.3 is 0 Å². The molecule has 3 rings (SSSR count). The van der Waals surface area contributed by atoms with E-state index in [9.17, 15) is 4.79 Å². The summed E-state index contributed by atoms with van der Waals surface area (Å²) in [6, 6.07) is 13.1. The zero-order valence-corrected chi connectivity index (χ0v) is 18.9. The first-order chi connectivity index (χ1) is 14.7. The van der Waals surface area contributed by atoms with Crippen LogP contribution in [0.2, 0.25) is 0 Å². The predicted molar refractivity (Wildman–Crippen MR) is 121 cm³/mol. The normalized spacial score (nSPS) is 14.5. The van der Waals surface area contributed by atoms with Gasteiger partial charge < -0.3 is 19.5 Å². The lowest BCUT2D eigenvalue weighted by atomic mass is 10.1. The molecule has 162 valence electrons. The molecular weight excluding hydrogens is 448 g/mol. The lowest BCUT2D eigenvalue weighted by molar-refractivity contribution is 0.0374. The summed E-state index contributed by atoms with van der Waals surface area (Å²) >= 11 is 3.56. The highest BCUT2D eigenvalue weighted by molar-refractivity contribution is 9.10. The van der Waals surface area contributed by atoms with E-state index in [1.807, 2.05) is 30.3 Å². The minimum Gasteiger partial charge on any atom is -0.493 e. The summed E-state index contributed by atoms with van der Waals surface area (Å²) in [5.74, 6) is 1.07. The maximum atomic E-state index is 12.3. The van der Waals surface area contributed by atoms with Crippen molar-refractivity contribution < 1.29 is 19.0 Å². The molecule has 0 amide bonds. The molecule has 0 saturated carbocycles. The molecule has 30 heavy (non-hydrogen) atoms. The quantitative estimate of drug-likeness (QED) is 0.395. The second-order valence-corrected chi connectivity index (χ2v) is 8.03. The molecule has 1 N–H and O–H groups in total. The Morgan fingerprint density at radius 2 is 1.97 bits per heavy atom. The van der Waals surface area contributed by atoms with Crippen molar-refractivity contribution in [1.29, 1.82) is 0 Å². The lowest BCUT2D eigenvalue weighted by Gasteiger charge is -2.26. The molecular formula is C23H29BrN2O4. The van der Waals surface area contributed by atoms with Crippen LogP contribution in [0.5, 0.6) is 11.5 Å². The van der Waals surface area contributed by atoms with Crippen LogP contribution in [0, 0.1) is 0 Å². The van der Waals surface area contributed by atoms with Gasteiger partial charge in [-0.15, -0.1) is 0 Å². The highest BCUT2D eigenvalue weighted by Gasteiger charge is 2.14. The summed E-state index contributed by atoms with van der Waals surface area (Å²) in [5.41, 5.74) is 1.72. The van der Waals surface area contributed by atoms with E-state index >= 15 is 0 Å². The van der Waals surface area contributed by atoms with Crippen LogP contribution in [0.3, 0.4) is 0 Å². The Hall–Kier alpha value is -1.93. The molecule has 0 radical (unpaired) electrons. The second kappa shape index (κ2) is 12.1. The number of carbonyl (C=O) groups is 1. The van der Waals surface area contributed by atoms with Crippen LogP contribution in [0.15, 0.2) is 46.9 Å². The number of hydrogen-bond acceptors (Lipinski definition) is 6. The van der Waals surface area contributed by atoms with Crippen molar-refractivity contribution in [2.75, 3.05) is 53.1 Å². The summed E-state index contributed by atoms with van der Waals surface area (Å²) in [6.45, 7) is 6.46. The van der Waals surface area contributed by atoms with Gasteiger partial charge in [-0.2, -0.15) is 0 Å². The Bertz CT molecular complexity index is 810. The van der Waals surface area contributed by atoms with Crippen molar-refractivity contribution in [1.82, 2.24) is 10.2 Å². The Morgan fingerprint density at radius 3 is 2.70 bits per heavy atom. The first-order valence-corrected chi connectivity index (χ1v) is 11.0. The smallest absolute Gasteiger partial charge is 0.200 e. The zero-order chi connectivity index (χ0) is 21.2. The summed E-state index contributed by atoms with van der Waals surface area (Å²) < 4.78 is 17.4. The van der Waals surface area contributed by atoms with E-state index in [2.05, 4.69) is 26.1 Å². The largest absolute Gasteiger partial charge is 0.493 e. The molecule has 2 aromatic rings. The summed E-state index contributed by atoms with van der Waals surface area (Å²) in [7, 11) is 1.60. The van der Waals surface area contributed by atoms with E-state index in [1.54, 1.807) is 19.2 Å². The van der Waals surface area contributed by atoms with Gasteiger partial charge in [-0.1, -0.05) is 30.3 Å². The van der Waals surface area contributed by atoms with Gasteiger partial charge in [0.25, 0.3) is 0 Å². The number of ether oxygens (including phenoxy) is 3. The number of benzene rings is 2. The molecule has 0 unspecified atom stereocenters. The van der Waals surface area contributed by atoms with Gasteiger partial charge in [-0.3, -0.25) is 9.69 Å². The SMILES string of the molecule is COc1cc(CNCCCN2CCOCC2)cc(Br)c1OCC(=O)c1ccccc1. The monoisotopic (exact) mass is 476 g/mol. The molecule has 1 fully saturated rings. The van der Waals surface area contributed by atoms with Crippen molar-refractivity contribution in [2.24, 2.45) is 0 Å². The van der Waals surface area contributed by atoms with E-state index in [-0.39, 0.29) is 12.4 Å². The Labute approximate surface area is 186 Å². The summed E-state index contributed by atoms with van der Waals surface area (Å²) in [4.78, 5) is 14.7. The van der Waals surface area contributed by atoms with Gasteiger partial charge in [0, 0.05) is 25.2 Å². The molecule has 0 bridgehead atoms. The number of rotatable bonds is 11. The molecule has 1 aliphatic rings. The Kier molecular flexibility index (Phi) is 9.14. The number of nitrogens with zero attached hydrogens (tertiary/aromatic N) is 1. The topological polar surface area (TPSA) is 60.0 Å². The molecule has 1 aliphatic heterocycles. The minimum absolute atomic E-state index is 0.0435. The number of hydrogen-bond donors (Lipinski definition) is 1. The predicted octanol–water partition coefficient (Wildman–Crippen LogP) is 3.53. The van der Waals surface area contributed by atoms with Crippen LogP contribution >= 0.6 is 15.9 Å². The van der Waals surface area contributed by atoms with E-state index in [4.69, 9.17) is 14.2 Å². The molecule has 6 nitrogen and oxygen atoms in total. The zero-order valence-electron chi connectivity index (χ0n) is 17.4. The van der Waals surface area contributed by atoms with Gasteiger partial charge in [0.05, 0.1) is 24.8 Å². The van der Waals surface area contributed by atoms with Crippen LogP contribution in [0.25, 0.3) is 0 Å². The fraction of sp³-hybridized carbons (Fsp3) is 0.435. The molecule has 0 aromatic heterocycles. The number of nitrogens with one attached hydrogen (secondary N) is 1. The molecule has 0 atom stereocenters. The lowest BCUT2D eigenvalue weighted by Crippen LogP contribution is -2.37. The van der Waals surface area contributed by atoms with Crippen LogP contribution in [0.4, 0.5) is 0 Å². The van der Waals surface area contributed by atoms with Crippen LogP contribution in [0.1, 0.15) is 22.3 Å². The average Bonchev–Trinajstić information content (AvgIpc) is 2.79. The minimum atomic E-state index is -0.0736. The standard InChI is InChI=1S/C23H29BrN2O4/c1-28-22-15-18(16-25-8-5-9-26-10-12-29-13-11-26)14-20(24)23(22)30-17-21(27)19-6-3-2-4-7-19/h2-4,6-7,14-15,25H,5,8-13,16-17H2,1H3. The van der Waals surface area contributed by atoms with Gasteiger partial charge in [-0.25, -0.2) is 0 Å². The maximum absolute atomic E-state index is 12.3. The van der Waals surface area contributed by atoms with Gasteiger partial charge in [0.2, 0.25) is 0 Å². The first kappa shape index (κ1) is 22.7. The number of ketones is 1. The number of carbonyl (C=O) groups excluding carboxylic acids is 1. The molecule has 1 saturated heterocycles. The fourth-order valence-electron chi connectivity index (χ4n) is 3.35. The van der Waals surface area contributed by atoms with Crippen LogP contribution < -0.4 is 14.8 Å². The number of morpholine rings is 1. The second-order valence-electron chi connectivity index (χ2n) is 7.17. The van der Waals surface area contributed by atoms with Gasteiger partial charge in [0.1, 0.15) is 0 Å². The highest BCUT2D eigenvalue weighted by Crippen LogP contribution is 2.36. The third-order valence-corrected chi connectivity index (χ3v) is 5.58. The van der Waals surface area contributed by atoms with Crippen LogP contribution in [-0.4, -0.2) is 63.8 Å². The first-order valence-electron chi connectivity index (χ1n) is 10.3. The van der Waals surface area contributed by atoms with E-state index in [0.717, 1.165) is 62.4 Å². The van der Waals surface area contributed by atoms with Crippen molar-refractivity contribution in [3.63, 3.8) is 0 Å². The highest BCUT2D eigenvalue weighted by atomic mass is 79.9. The number of methoxy groups -OCH3 is 1. The Balaban J connectivity index is 1.48. The summed E-state index contributed by atoms with van der Waals surface area (Å²) in [5, 5.41) is 3.48. The third-order valence-electron chi connectivity index (χ3n) is 4.99. The number of halogens is 1. The molecule has 7 heteroatoms. The molecule has 0 aliphatic carbocycles. The van der Waals surface area contributed by atoms with Crippen molar-refractivity contribution in [3.05, 3.63) is 58.1 Å². The molecule has 1 heterocycles. The van der Waals surface area contributed by atoms with Gasteiger partial charge in [-0.05, 0) is 53.1 Å². The average molecular weight is 477 g/mol. The summed E-state index contributed by atoms with van der Waals surface area (Å²) in [6.07, 6.45) is 1.10. The van der Waals surface area contributed by atoms with E-state index in [1.165, 1.54) is 0 Å². The number of Topliss-reactive ketones (excluding diaryl/α,β-unsaturated/α-hetero) is 1. The Morgan fingerprint density at radius 1 is 1.20 bits per heavy atom. The third kappa shape index (κ3) is 6.80. The fourth-order valence-corrected chi connectivity index (χ4v) is 3.95. The molecule has 2 aromatic carbocycles. The molecule has 0 spiro atoms. The van der Waals surface area contributed by atoms with E-state index in [0.29, 0.717) is 17.1 Å². The van der Waals surface area contributed by atoms with Gasteiger partial charge in [0.15, 0.2) is 23.9 Å². The van der Waals surface area contributed by atoms with Crippen molar-refractivity contribution in [2.45, 2.75) is 13.0 Å². The van der Waals surface area contributed by atoms with Crippen molar-refractivity contribution in [3.8, 4) is 11.5 Å².